The van der Waals surface area contributed by atoms with E-state index in [1.807, 2.05) is 42.0 Å². The van der Waals surface area contributed by atoms with Crippen LogP contribution >= 0.6 is 11.6 Å². The minimum absolute atomic E-state index is 0.112. The molecule has 0 saturated carbocycles. The van der Waals surface area contributed by atoms with Gasteiger partial charge >= 0.3 is 6.03 Å². The standard InChI is InChI=1S/C18H18ClN5O/c1-13(15-3-5-16(19)6-4-15)23-18(25)22-11-14-2-7-17(21-10-14)24-9-8-20-12-24/h2-10,12-13H,11H2,1H3,(H2,22,23,25). The van der Waals surface area contributed by atoms with E-state index in [1.165, 1.54) is 0 Å². The summed E-state index contributed by atoms with van der Waals surface area (Å²) >= 11 is 5.87. The number of benzene rings is 1. The molecule has 2 amide bonds. The second-order valence-corrected chi connectivity index (χ2v) is 6.03. The largest absolute Gasteiger partial charge is 0.334 e. The van der Waals surface area contributed by atoms with Crippen LogP contribution in [0.25, 0.3) is 5.82 Å². The summed E-state index contributed by atoms with van der Waals surface area (Å²) in [6, 6.07) is 10.9. The zero-order chi connectivity index (χ0) is 17.6. The first-order valence-corrected chi connectivity index (χ1v) is 8.23. The smallest absolute Gasteiger partial charge is 0.315 e. The third-order valence-corrected chi connectivity index (χ3v) is 4.00. The number of imidazole rings is 1. The molecule has 0 aliphatic rings. The highest BCUT2D eigenvalue weighted by atomic mass is 35.5. The molecule has 3 rings (SSSR count). The highest BCUT2D eigenvalue weighted by molar-refractivity contribution is 6.30. The third kappa shape index (κ3) is 4.58. The van der Waals surface area contributed by atoms with Crippen LogP contribution in [0.3, 0.4) is 0 Å². The Hall–Kier alpha value is -2.86. The normalized spacial score (nSPS) is 11.8. The molecule has 1 unspecified atom stereocenters. The number of hydrogen-bond donors (Lipinski definition) is 2. The minimum Gasteiger partial charge on any atom is -0.334 e. The monoisotopic (exact) mass is 355 g/mol. The number of rotatable bonds is 5. The van der Waals surface area contributed by atoms with E-state index >= 15 is 0 Å². The van der Waals surface area contributed by atoms with Crippen LogP contribution in [0.4, 0.5) is 4.79 Å². The van der Waals surface area contributed by atoms with Gasteiger partial charge in [0.25, 0.3) is 0 Å². The molecular weight excluding hydrogens is 338 g/mol. The van der Waals surface area contributed by atoms with Crippen LogP contribution in [0.15, 0.2) is 61.3 Å². The molecule has 0 bridgehead atoms. The van der Waals surface area contributed by atoms with Crippen LogP contribution in [-0.4, -0.2) is 20.6 Å². The highest BCUT2D eigenvalue weighted by Gasteiger charge is 2.09. The zero-order valence-corrected chi connectivity index (χ0v) is 14.4. The summed E-state index contributed by atoms with van der Waals surface area (Å²) in [6.45, 7) is 2.32. The summed E-state index contributed by atoms with van der Waals surface area (Å²) < 4.78 is 1.82. The predicted molar refractivity (Wildman–Crippen MR) is 96.6 cm³/mol. The van der Waals surface area contributed by atoms with E-state index in [0.717, 1.165) is 16.9 Å². The molecule has 0 radical (unpaired) electrons. The van der Waals surface area contributed by atoms with Crippen LogP contribution in [0.1, 0.15) is 24.1 Å². The van der Waals surface area contributed by atoms with E-state index in [1.54, 1.807) is 30.9 Å². The van der Waals surface area contributed by atoms with Crippen LogP contribution in [0.5, 0.6) is 0 Å². The third-order valence-electron chi connectivity index (χ3n) is 3.75. The van der Waals surface area contributed by atoms with Crippen molar-refractivity contribution in [3.05, 3.63) is 77.5 Å². The molecule has 25 heavy (non-hydrogen) atoms. The van der Waals surface area contributed by atoms with E-state index < -0.39 is 0 Å². The van der Waals surface area contributed by atoms with Gasteiger partial charge in [0.15, 0.2) is 0 Å². The van der Waals surface area contributed by atoms with Gasteiger partial charge in [-0.05, 0) is 36.2 Å². The van der Waals surface area contributed by atoms with Gasteiger partial charge in [-0.15, -0.1) is 0 Å². The number of hydrogen-bond acceptors (Lipinski definition) is 3. The number of pyridine rings is 1. The van der Waals surface area contributed by atoms with Gasteiger partial charge in [0.05, 0.1) is 6.04 Å². The van der Waals surface area contributed by atoms with Crippen LogP contribution in [-0.2, 0) is 6.54 Å². The number of amides is 2. The van der Waals surface area contributed by atoms with Crippen molar-refractivity contribution < 1.29 is 4.79 Å². The molecule has 1 atom stereocenters. The fourth-order valence-corrected chi connectivity index (χ4v) is 2.46. The Labute approximate surface area is 150 Å². The lowest BCUT2D eigenvalue weighted by molar-refractivity contribution is 0.237. The van der Waals surface area contributed by atoms with Gasteiger partial charge in [-0.1, -0.05) is 29.8 Å². The van der Waals surface area contributed by atoms with Crippen molar-refractivity contribution in [3.8, 4) is 5.82 Å². The van der Waals surface area contributed by atoms with Crippen LogP contribution < -0.4 is 10.6 Å². The van der Waals surface area contributed by atoms with Gasteiger partial charge in [-0.25, -0.2) is 14.8 Å². The zero-order valence-electron chi connectivity index (χ0n) is 13.7. The van der Waals surface area contributed by atoms with Crippen molar-refractivity contribution in [2.45, 2.75) is 19.5 Å². The van der Waals surface area contributed by atoms with Gasteiger partial charge in [0, 0.05) is 30.2 Å². The van der Waals surface area contributed by atoms with Gasteiger partial charge in [-0.2, -0.15) is 0 Å². The van der Waals surface area contributed by atoms with Crippen molar-refractivity contribution in [2.24, 2.45) is 0 Å². The number of halogens is 1. The number of urea groups is 1. The molecule has 2 N–H and O–H groups in total. The van der Waals surface area contributed by atoms with Gasteiger partial charge in [0.2, 0.25) is 0 Å². The SMILES string of the molecule is CC(NC(=O)NCc1ccc(-n2ccnc2)nc1)c1ccc(Cl)cc1. The maximum absolute atomic E-state index is 12.0. The number of nitrogens with zero attached hydrogens (tertiary/aromatic N) is 3. The molecule has 0 spiro atoms. The highest BCUT2D eigenvalue weighted by Crippen LogP contribution is 2.15. The predicted octanol–water partition coefficient (Wildman–Crippen LogP) is 3.48. The van der Waals surface area contributed by atoms with Crippen molar-refractivity contribution in [1.82, 2.24) is 25.2 Å². The Kier molecular flexibility index (Phi) is 5.30. The summed E-state index contributed by atoms with van der Waals surface area (Å²) in [5, 5.41) is 6.40. The molecule has 7 heteroatoms. The maximum atomic E-state index is 12.0. The van der Waals surface area contributed by atoms with E-state index in [2.05, 4.69) is 20.6 Å². The van der Waals surface area contributed by atoms with Crippen molar-refractivity contribution in [2.75, 3.05) is 0 Å². The van der Waals surface area contributed by atoms with Crippen molar-refractivity contribution >= 4 is 17.6 Å². The first-order valence-electron chi connectivity index (χ1n) is 7.85. The van der Waals surface area contributed by atoms with Crippen LogP contribution in [0.2, 0.25) is 5.02 Å². The molecule has 1 aromatic carbocycles. The molecule has 0 aliphatic carbocycles. The first-order chi connectivity index (χ1) is 12.1. The van der Waals surface area contributed by atoms with E-state index in [4.69, 9.17) is 11.6 Å². The topological polar surface area (TPSA) is 71.8 Å². The fourth-order valence-electron chi connectivity index (χ4n) is 2.33. The molecule has 0 fully saturated rings. The molecule has 0 saturated heterocycles. The van der Waals surface area contributed by atoms with Gasteiger partial charge in [-0.3, -0.25) is 4.57 Å². The van der Waals surface area contributed by atoms with E-state index in [9.17, 15) is 4.79 Å². The number of carbonyl (C=O) groups is 1. The Bertz CT molecular complexity index is 816. The Morgan fingerprint density at radius 1 is 1.24 bits per heavy atom. The van der Waals surface area contributed by atoms with E-state index in [-0.39, 0.29) is 12.1 Å². The summed E-state index contributed by atoms with van der Waals surface area (Å²) in [4.78, 5) is 20.4. The summed E-state index contributed by atoms with van der Waals surface area (Å²) in [5.74, 6) is 0.780. The van der Waals surface area contributed by atoms with Crippen molar-refractivity contribution in [1.29, 1.82) is 0 Å². The molecule has 128 valence electrons. The minimum atomic E-state index is -0.235. The van der Waals surface area contributed by atoms with Gasteiger partial charge < -0.3 is 10.6 Å². The second-order valence-electron chi connectivity index (χ2n) is 5.59. The van der Waals surface area contributed by atoms with Crippen molar-refractivity contribution in [3.63, 3.8) is 0 Å². The number of aromatic nitrogens is 3. The molecule has 2 heterocycles. The average molecular weight is 356 g/mol. The summed E-state index contributed by atoms with van der Waals surface area (Å²) in [6.07, 6.45) is 6.94. The van der Waals surface area contributed by atoms with Crippen LogP contribution in [0, 0.1) is 0 Å². The molecule has 6 nitrogen and oxygen atoms in total. The quantitative estimate of drug-likeness (QED) is 0.736. The lowest BCUT2D eigenvalue weighted by Crippen LogP contribution is -2.36. The second kappa shape index (κ2) is 7.81. The number of nitrogens with one attached hydrogen (secondary N) is 2. The lowest BCUT2D eigenvalue weighted by Gasteiger charge is -2.15. The Morgan fingerprint density at radius 2 is 2.04 bits per heavy atom. The lowest BCUT2D eigenvalue weighted by atomic mass is 10.1. The summed E-state index contributed by atoms with van der Waals surface area (Å²) in [7, 11) is 0. The van der Waals surface area contributed by atoms with E-state index in [0.29, 0.717) is 11.6 Å². The fraction of sp³-hybridized carbons (Fsp3) is 0.167. The Balaban J connectivity index is 1.51. The average Bonchev–Trinajstić information content (AvgIpc) is 3.15. The Morgan fingerprint density at radius 3 is 2.68 bits per heavy atom. The molecule has 3 aromatic rings. The first kappa shape index (κ1) is 17.0. The maximum Gasteiger partial charge on any atom is 0.315 e. The molecule has 2 aromatic heterocycles. The van der Waals surface area contributed by atoms with Gasteiger partial charge in [0.1, 0.15) is 12.1 Å². The number of carbonyl (C=O) groups excluding carboxylic acids is 1. The molecular formula is C18H18ClN5O. The molecule has 0 aliphatic heterocycles. The summed E-state index contributed by atoms with van der Waals surface area (Å²) in [5.41, 5.74) is 1.91.